The third kappa shape index (κ3) is 3.70. The molecule has 152 valence electrons. The average molecular weight is 397 g/mol. The van der Waals surface area contributed by atoms with Crippen molar-refractivity contribution in [2.24, 2.45) is 10.9 Å². The van der Waals surface area contributed by atoms with Crippen molar-refractivity contribution in [3.63, 3.8) is 0 Å². The molecule has 1 aromatic carbocycles. The summed E-state index contributed by atoms with van der Waals surface area (Å²) >= 11 is 0. The number of rotatable bonds is 5. The molecule has 4 amide bonds. The molecule has 0 fully saturated rings. The molecule has 0 bridgehead atoms. The molecule has 0 radical (unpaired) electrons. The van der Waals surface area contributed by atoms with Gasteiger partial charge in [-0.25, -0.2) is 4.79 Å². The van der Waals surface area contributed by atoms with E-state index in [1.54, 1.807) is 19.2 Å². The summed E-state index contributed by atoms with van der Waals surface area (Å²) in [6.07, 6.45) is 1.58. The summed E-state index contributed by atoms with van der Waals surface area (Å²) in [4.78, 5) is 43.7. The molecule has 0 aliphatic carbocycles. The standard InChI is InChI=1S/C21H24N4O4/c1-6-29-18-13(3)10-22-19-17(18)20(27)25(21(28)24(19)5)11-16(26)23-15-9-7-8-12(2)14(15)4/h7-10,17H,6,11H2,1-5H3/p+1. The number of dihydropyridines is 1. The number of nitrogens with zero attached hydrogens (tertiary/aromatic N) is 3. The zero-order valence-electron chi connectivity index (χ0n) is 17.3. The number of carbonyl (C=O) groups excluding carboxylic acids is 3. The van der Waals surface area contributed by atoms with Gasteiger partial charge in [0.25, 0.3) is 11.7 Å². The Bertz CT molecular complexity index is 990. The van der Waals surface area contributed by atoms with Crippen LogP contribution in [-0.4, -0.2) is 59.6 Å². The van der Waals surface area contributed by atoms with Crippen LogP contribution in [0.1, 0.15) is 25.0 Å². The molecule has 0 spiro atoms. The number of anilines is 1. The molecule has 0 aromatic heterocycles. The van der Waals surface area contributed by atoms with Crippen molar-refractivity contribution in [3.05, 3.63) is 40.7 Å². The summed E-state index contributed by atoms with van der Waals surface area (Å²) in [5.74, 6) is -1.03. The van der Waals surface area contributed by atoms with Gasteiger partial charge in [0.15, 0.2) is 12.5 Å². The van der Waals surface area contributed by atoms with Crippen molar-refractivity contribution < 1.29 is 23.7 Å². The van der Waals surface area contributed by atoms with Gasteiger partial charge in [0.2, 0.25) is 0 Å². The first-order valence-corrected chi connectivity index (χ1v) is 9.45. The third-order valence-electron chi connectivity index (χ3n) is 5.15. The fraction of sp³-hybridized carbons (Fsp3) is 0.381. The quantitative estimate of drug-likeness (QED) is 0.772. The van der Waals surface area contributed by atoms with Gasteiger partial charge in [-0.2, -0.15) is 9.48 Å². The Labute approximate surface area is 169 Å². The lowest BCUT2D eigenvalue weighted by molar-refractivity contribution is -0.408. The Kier molecular flexibility index (Phi) is 5.63. The summed E-state index contributed by atoms with van der Waals surface area (Å²) in [7, 11) is 1.54. The summed E-state index contributed by atoms with van der Waals surface area (Å²) in [6.45, 7) is 7.46. The Morgan fingerprint density at radius 1 is 1.28 bits per heavy atom. The Balaban J connectivity index is 1.87. The van der Waals surface area contributed by atoms with E-state index >= 15 is 0 Å². The molecular weight excluding hydrogens is 372 g/mol. The highest BCUT2D eigenvalue weighted by molar-refractivity contribution is 6.17. The lowest BCUT2D eigenvalue weighted by atomic mass is 9.96. The first-order valence-electron chi connectivity index (χ1n) is 9.45. The van der Waals surface area contributed by atoms with Crippen molar-refractivity contribution in [2.75, 3.05) is 25.5 Å². The minimum atomic E-state index is -0.837. The van der Waals surface area contributed by atoms with Crippen molar-refractivity contribution in [2.45, 2.75) is 27.7 Å². The fourth-order valence-electron chi connectivity index (χ4n) is 3.40. The summed E-state index contributed by atoms with van der Waals surface area (Å²) in [5, 5.41) is 2.79. The number of aliphatic imine (C=N–C) groups is 1. The molecule has 2 aliphatic heterocycles. The van der Waals surface area contributed by atoms with E-state index in [0.717, 1.165) is 21.6 Å². The topological polar surface area (TPSA) is 91.1 Å². The van der Waals surface area contributed by atoms with Crippen LogP contribution in [0.2, 0.25) is 0 Å². The lowest BCUT2D eigenvalue weighted by Crippen LogP contribution is -2.56. The van der Waals surface area contributed by atoms with Gasteiger partial charge >= 0.3 is 11.9 Å². The smallest absolute Gasteiger partial charge is 0.446 e. The van der Waals surface area contributed by atoms with E-state index in [1.165, 1.54) is 11.6 Å². The SMILES string of the molecule is CCOC1=C(C)C=NC2=[N+](C)C(=O)N(CC(=O)Nc3cccc(C)c3C)C(=O)C12. The summed E-state index contributed by atoms with van der Waals surface area (Å²) in [5.41, 5.74) is 3.34. The Morgan fingerprint density at radius 2 is 2.00 bits per heavy atom. The number of allylic oxidation sites excluding steroid dienone is 1. The Morgan fingerprint density at radius 3 is 2.69 bits per heavy atom. The molecule has 29 heavy (non-hydrogen) atoms. The van der Waals surface area contributed by atoms with Crippen LogP contribution in [0.3, 0.4) is 0 Å². The average Bonchev–Trinajstić information content (AvgIpc) is 2.68. The van der Waals surface area contributed by atoms with Crippen LogP contribution in [0.4, 0.5) is 10.5 Å². The van der Waals surface area contributed by atoms with E-state index < -0.39 is 23.8 Å². The van der Waals surface area contributed by atoms with Crippen molar-refractivity contribution in [3.8, 4) is 0 Å². The summed E-state index contributed by atoms with van der Waals surface area (Å²) in [6, 6.07) is 4.98. The number of aryl methyl sites for hydroxylation is 1. The molecule has 8 heteroatoms. The number of imide groups is 1. The predicted molar refractivity (Wildman–Crippen MR) is 109 cm³/mol. The number of hydrogen-bond donors (Lipinski definition) is 1. The molecule has 1 N–H and O–H groups in total. The number of fused-ring (bicyclic) bond motifs is 1. The van der Waals surface area contributed by atoms with E-state index in [-0.39, 0.29) is 6.54 Å². The molecule has 3 rings (SSSR count). The van der Waals surface area contributed by atoms with Gasteiger partial charge in [0, 0.05) is 11.3 Å². The highest BCUT2D eigenvalue weighted by Crippen LogP contribution is 2.28. The number of nitrogens with one attached hydrogen (secondary N) is 1. The van der Waals surface area contributed by atoms with Crippen LogP contribution < -0.4 is 5.32 Å². The molecule has 2 heterocycles. The second kappa shape index (κ2) is 7.98. The summed E-state index contributed by atoms with van der Waals surface area (Å²) < 4.78 is 6.97. The van der Waals surface area contributed by atoms with Gasteiger partial charge in [-0.15, -0.1) is 4.99 Å². The number of amidine groups is 1. The zero-order chi connectivity index (χ0) is 21.3. The minimum absolute atomic E-state index is 0.306. The van der Waals surface area contributed by atoms with Crippen LogP contribution in [0, 0.1) is 19.8 Å². The number of hydrogen-bond acceptors (Lipinski definition) is 5. The number of benzene rings is 1. The van der Waals surface area contributed by atoms with Gasteiger partial charge < -0.3 is 10.1 Å². The highest BCUT2D eigenvalue weighted by Gasteiger charge is 2.50. The predicted octanol–water partition coefficient (Wildman–Crippen LogP) is 2.26. The highest BCUT2D eigenvalue weighted by atomic mass is 16.5. The van der Waals surface area contributed by atoms with E-state index in [2.05, 4.69) is 10.3 Å². The van der Waals surface area contributed by atoms with Gasteiger partial charge in [0.1, 0.15) is 12.0 Å². The third-order valence-corrected chi connectivity index (χ3v) is 5.15. The van der Waals surface area contributed by atoms with E-state index in [1.807, 2.05) is 32.9 Å². The maximum atomic E-state index is 13.1. The molecule has 0 saturated carbocycles. The van der Waals surface area contributed by atoms with E-state index in [9.17, 15) is 14.4 Å². The van der Waals surface area contributed by atoms with Crippen LogP contribution in [0.25, 0.3) is 0 Å². The molecule has 0 saturated heterocycles. The second-order valence-electron chi connectivity index (χ2n) is 7.09. The zero-order valence-corrected chi connectivity index (χ0v) is 17.3. The minimum Gasteiger partial charge on any atom is -0.496 e. The van der Waals surface area contributed by atoms with E-state index in [4.69, 9.17) is 4.74 Å². The van der Waals surface area contributed by atoms with Gasteiger partial charge in [-0.3, -0.25) is 9.59 Å². The van der Waals surface area contributed by atoms with Crippen molar-refractivity contribution in [1.82, 2.24) is 4.90 Å². The first kappa shape index (κ1) is 20.4. The number of carbonyl (C=O) groups is 3. The maximum Gasteiger partial charge on any atom is 0.446 e. The Hall–Kier alpha value is -3.29. The molecule has 1 aromatic rings. The van der Waals surface area contributed by atoms with Crippen LogP contribution in [-0.2, 0) is 14.3 Å². The maximum absolute atomic E-state index is 13.1. The van der Waals surface area contributed by atoms with Crippen LogP contribution in [0.5, 0.6) is 0 Å². The molecule has 1 atom stereocenters. The molecule has 8 nitrogen and oxygen atoms in total. The van der Waals surface area contributed by atoms with Gasteiger partial charge in [-0.1, -0.05) is 12.1 Å². The fourth-order valence-corrected chi connectivity index (χ4v) is 3.40. The molecule has 1 unspecified atom stereocenters. The normalized spacial score (nSPS) is 18.9. The van der Waals surface area contributed by atoms with Crippen LogP contribution in [0.15, 0.2) is 34.5 Å². The number of urea groups is 1. The van der Waals surface area contributed by atoms with Gasteiger partial charge in [-0.05, 0) is 44.9 Å². The van der Waals surface area contributed by atoms with Crippen molar-refractivity contribution >= 4 is 35.6 Å². The van der Waals surface area contributed by atoms with E-state index in [0.29, 0.717) is 23.9 Å². The first-order chi connectivity index (χ1) is 13.8. The largest absolute Gasteiger partial charge is 0.496 e. The van der Waals surface area contributed by atoms with Gasteiger partial charge in [0.05, 0.1) is 13.7 Å². The van der Waals surface area contributed by atoms with Crippen LogP contribution >= 0.6 is 0 Å². The number of amides is 4. The number of ether oxygens (including phenoxy) is 1. The van der Waals surface area contributed by atoms with Crippen molar-refractivity contribution in [1.29, 1.82) is 0 Å². The molecule has 2 aliphatic rings. The lowest BCUT2D eigenvalue weighted by Gasteiger charge is -2.29. The molecular formula is C21H25N4O4+. The monoisotopic (exact) mass is 397 g/mol. The second-order valence-corrected chi connectivity index (χ2v) is 7.09.